The van der Waals surface area contributed by atoms with Crippen molar-refractivity contribution in [2.75, 3.05) is 33.8 Å². The number of carbonyl (C=O) groups excluding carboxylic acids is 2. The number of likely N-dealkylation sites (tertiary alicyclic amines) is 1. The summed E-state index contributed by atoms with van der Waals surface area (Å²) in [5.41, 5.74) is -0.485. The number of nitrogens with one attached hydrogen (secondary N) is 2. The van der Waals surface area contributed by atoms with E-state index in [9.17, 15) is 9.59 Å². The standard InChI is InChI=1S/C14H26N4O4/c1-14(2,3)22-13(20)18-8-10(9-18)17-12(15-4)16-7-6-11(19)21-5/h10H,6-9H2,1-5H3,(H2,15,16,17). The highest BCUT2D eigenvalue weighted by atomic mass is 16.6. The number of hydrogen-bond donors (Lipinski definition) is 2. The zero-order valence-electron chi connectivity index (χ0n) is 13.9. The van der Waals surface area contributed by atoms with Crippen LogP contribution < -0.4 is 10.6 Å². The second-order valence-electron chi connectivity index (χ2n) is 6.05. The Kier molecular flexibility index (Phi) is 6.45. The molecule has 1 saturated heterocycles. The number of rotatable bonds is 4. The van der Waals surface area contributed by atoms with Crippen molar-refractivity contribution in [2.24, 2.45) is 4.99 Å². The van der Waals surface area contributed by atoms with Gasteiger partial charge in [-0.1, -0.05) is 0 Å². The average Bonchev–Trinajstić information content (AvgIpc) is 2.37. The molecule has 1 rings (SSSR count). The van der Waals surface area contributed by atoms with Gasteiger partial charge in [-0.15, -0.1) is 0 Å². The van der Waals surface area contributed by atoms with Crippen LogP contribution in [-0.4, -0.2) is 68.4 Å². The summed E-state index contributed by atoms with van der Waals surface area (Å²) in [4.78, 5) is 28.5. The lowest BCUT2D eigenvalue weighted by Gasteiger charge is -2.40. The molecule has 1 fully saturated rings. The van der Waals surface area contributed by atoms with Crippen LogP contribution in [0.5, 0.6) is 0 Å². The lowest BCUT2D eigenvalue weighted by Crippen LogP contribution is -2.63. The van der Waals surface area contributed by atoms with Crippen LogP contribution >= 0.6 is 0 Å². The quantitative estimate of drug-likeness (QED) is 0.441. The van der Waals surface area contributed by atoms with Crippen molar-refractivity contribution in [1.29, 1.82) is 0 Å². The maximum atomic E-state index is 11.8. The third-order valence-electron chi connectivity index (χ3n) is 2.95. The van der Waals surface area contributed by atoms with E-state index in [1.165, 1.54) is 7.11 Å². The number of methoxy groups -OCH3 is 1. The first kappa shape index (κ1) is 18.1. The predicted octanol–water partition coefficient (Wildman–Crippen LogP) is 0.334. The summed E-state index contributed by atoms with van der Waals surface area (Å²) in [6, 6.07) is 0.122. The van der Waals surface area contributed by atoms with Gasteiger partial charge in [0.25, 0.3) is 0 Å². The Balaban J connectivity index is 2.26. The lowest BCUT2D eigenvalue weighted by atomic mass is 10.1. The molecule has 0 radical (unpaired) electrons. The van der Waals surface area contributed by atoms with E-state index in [4.69, 9.17) is 4.74 Å². The molecule has 0 atom stereocenters. The van der Waals surface area contributed by atoms with Crippen molar-refractivity contribution < 1.29 is 19.1 Å². The molecule has 0 bridgehead atoms. The second kappa shape index (κ2) is 7.86. The SMILES string of the molecule is CN=C(NCCC(=O)OC)NC1CN(C(=O)OC(C)(C)C)C1. The summed E-state index contributed by atoms with van der Waals surface area (Å²) >= 11 is 0. The Morgan fingerprint density at radius 2 is 1.95 bits per heavy atom. The van der Waals surface area contributed by atoms with Gasteiger partial charge < -0.3 is 25.0 Å². The average molecular weight is 314 g/mol. The number of aliphatic imine (C=N–C) groups is 1. The molecule has 1 aliphatic rings. The van der Waals surface area contributed by atoms with Crippen LogP contribution in [0.25, 0.3) is 0 Å². The van der Waals surface area contributed by atoms with Crippen molar-refractivity contribution >= 4 is 18.0 Å². The fourth-order valence-corrected chi connectivity index (χ4v) is 1.82. The largest absolute Gasteiger partial charge is 0.469 e. The van der Waals surface area contributed by atoms with E-state index in [2.05, 4.69) is 20.4 Å². The molecule has 1 amide bonds. The molecule has 0 aromatic carbocycles. The minimum absolute atomic E-state index is 0.122. The first-order chi connectivity index (χ1) is 10.2. The topological polar surface area (TPSA) is 92.3 Å². The van der Waals surface area contributed by atoms with Gasteiger partial charge in [0.05, 0.1) is 19.6 Å². The van der Waals surface area contributed by atoms with Crippen molar-refractivity contribution in [3.8, 4) is 0 Å². The molecule has 8 nitrogen and oxygen atoms in total. The number of carbonyl (C=O) groups is 2. The fourth-order valence-electron chi connectivity index (χ4n) is 1.82. The van der Waals surface area contributed by atoms with Gasteiger partial charge in [0.15, 0.2) is 5.96 Å². The van der Waals surface area contributed by atoms with Crippen LogP contribution in [0.1, 0.15) is 27.2 Å². The van der Waals surface area contributed by atoms with Crippen LogP contribution in [-0.2, 0) is 14.3 Å². The third-order valence-corrected chi connectivity index (χ3v) is 2.95. The molecule has 1 heterocycles. The maximum Gasteiger partial charge on any atom is 0.410 e. The number of nitrogens with zero attached hydrogens (tertiary/aromatic N) is 2. The van der Waals surface area contributed by atoms with Gasteiger partial charge in [0.2, 0.25) is 0 Å². The molecule has 0 aromatic rings. The number of ether oxygens (including phenoxy) is 2. The predicted molar refractivity (Wildman–Crippen MR) is 82.7 cm³/mol. The summed E-state index contributed by atoms with van der Waals surface area (Å²) in [5.74, 6) is 0.320. The minimum atomic E-state index is -0.485. The molecular formula is C14H26N4O4. The van der Waals surface area contributed by atoms with E-state index < -0.39 is 5.60 Å². The van der Waals surface area contributed by atoms with Crippen LogP contribution in [0.4, 0.5) is 4.79 Å². The highest BCUT2D eigenvalue weighted by molar-refractivity contribution is 5.81. The van der Waals surface area contributed by atoms with Gasteiger partial charge >= 0.3 is 12.1 Å². The summed E-state index contributed by atoms with van der Waals surface area (Å²) in [6.45, 7) is 7.09. The highest BCUT2D eigenvalue weighted by Gasteiger charge is 2.34. The van der Waals surface area contributed by atoms with E-state index in [1.807, 2.05) is 20.8 Å². The summed E-state index contributed by atoms with van der Waals surface area (Å²) in [5, 5.41) is 6.20. The number of esters is 1. The van der Waals surface area contributed by atoms with Crippen LogP contribution in [0, 0.1) is 0 Å². The molecule has 1 aliphatic heterocycles. The summed E-state index contributed by atoms with van der Waals surface area (Å²) < 4.78 is 9.85. The van der Waals surface area contributed by atoms with E-state index in [1.54, 1.807) is 11.9 Å². The molecule has 0 aliphatic carbocycles. The van der Waals surface area contributed by atoms with Crippen LogP contribution in [0.3, 0.4) is 0 Å². The Morgan fingerprint density at radius 3 is 2.45 bits per heavy atom. The highest BCUT2D eigenvalue weighted by Crippen LogP contribution is 2.15. The number of hydrogen-bond acceptors (Lipinski definition) is 5. The summed E-state index contributed by atoms with van der Waals surface area (Å²) in [7, 11) is 3.01. The second-order valence-corrected chi connectivity index (χ2v) is 6.05. The molecule has 0 saturated carbocycles. The minimum Gasteiger partial charge on any atom is -0.469 e. The third kappa shape index (κ3) is 6.19. The zero-order chi connectivity index (χ0) is 16.8. The van der Waals surface area contributed by atoms with Gasteiger partial charge in [0.1, 0.15) is 5.60 Å². The Bertz CT molecular complexity index is 425. The zero-order valence-corrected chi connectivity index (χ0v) is 13.9. The van der Waals surface area contributed by atoms with E-state index in [-0.39, 0.29) is 24.5 Å². The molecule has 0 spiro atoms. The molecular weight excluding hydrogens is 288 g/mol. The lowest BCUT2D eigenvalue weighted by molar-refractivity contribution is -0.140. The Labute approximate surface area is 131 Å². The maximum absolute atomic E-state index is 11.8. The Morgan fingerprint density at radius 1 is 1.32 bits per heavy atom. The molecule has 22 heavy (non-hydrogen) atoms. The van der Waals surface area contributed by atoms with Crippen molar-refractivity contribution in [1.82, 2.24) is 15.5 Å². The fraction of sp³-hybridized carbons (Fsp3) is 0.786. The van der Waals surface area contributed by atoms with E-state index in [0.29, 0.717) is 25.6 Å². The van der Waals surface area contributed by atoms with E-state index in [0.717, 1.165) is 0 Å². The normalized spacial score (nSPS) is 15.9. The van der Waals surface area contributed by atoms with Crippen molar-refractivity contribution in [2.45, 2.75) is 38.8 Å². The first-order valence-electron chi connectivity index (χ1n) is 7.27. The Hall–Kier alpha value is -1.99. The smallest absolute Gasteiger partial charge is 0.410 e. The number of amides is 1. The van der Waals surface area contributed by atoms with Gasteiger partial charge in [-0.2, -0.15) is 0 Å². The molecule has 2 N–H and O–H groups in total. The molecule has 8 heteroatoms. The van der Waals surface area contributed by atoms with Crippen LogP contribution in [0.15, 0.2) is 4.99 Å². The first-order valence-corrected chi connectivity index (χ1v) is 7.27. The summed E-state index contributed by atoms with van der Waals surface area (Å²) in [6.07, 6.45) is -0.0366. The van der Waals surface area contributed by atoms with Crippen LogP contribution in [0.2, 0.25) is 0 Å². The monoisotopic (exact) mass is 314 g/mol. The molecule has 126 valence electrons. The molecule has 0 unspecified atom stereocenters. The van der Waals surface area contributed by atoms with Gasteiger partial charge in [-0.3, -0.25) is 9.79 Å². The number of guanidine groups is 1. The van der Waals surface area contributed by atoms with E-state index >= 15 is 0 Å². The van der Waals surface area contributed by atoms with Gasteiger partial charge in [0, 0.05) is 26.7 Å². The van der Waals surface area contributed by atoms with Crippen molar-refractivity contribution in [3.63, 3.8) is 0 Å². The van der Waals surface area contributed by atoms with Gasteiger partial charge in [-0.25, -0.2) is 4.79 Å². The molecule has 0 aromatic heterocycles. The van der Waals surface area contributed by atoms with Crippen molar-refractivity contribution in [3.05, 3.63) is 0 Å². The van der Waals surface area contributed by atoms with Gasteiger partial charge in [-0.05, 0) is 20.8 Å².